The van der Waals surface area contributed by atoms with Crippen molar-refractivity contribution < 1.29 is 9.90 Å². The maximum atomic E-state index is 10.6. The normalized spacial score (nSPS) is 22.1. The molecule has 1 aromatic rings. The van der Waals surface area contributed by atoms with E-state index in [0.29, 0.717) is 6.04 Å². The molecule has 1 aliphatic heterocycles. The average molecular weight is 195 g/mol. The van der Waals surface area contributed by atoms with Crippen LogP contribution >= 0.6 is 0 Å². The van der Waals surface area contributed by atoms with Crippen molar-refractivity contribution in [2.75, 3.05) is 13.1 Å². The van der Waals surface area contributed by atoms with Gasteiger partial charge in [0.1, 0.15) is 0 Å². The Morgan fingerprint density at radius 3 is 3.14 bits per heavy atom. The zero-order valence-electron chi connectivity index (χ0n) is 7.81. The van der Waals surface area contributed by atoms with Crippen molar-refractivity contribution >= 4 is 5.97 Å². The predicted molar refractivity (Wildman–Crippen MR) is 50.3 cm³/mol. The molecule has 2 N–H and O–H groups in total. The molecule has 1 fully saturated rings. The van der Waals surface area contributed by atoms with Gasteiger partial charge < -0.3 is 10.4 Å². The monoisotopic (exact) mass is 195 g/mol. The first-order valence-electron chi connectivity index (χ1n) is 4.75. The van der Waals surface area contributed by atoms with Gasteiger partial charge in [-0.25, -0.2) is 4.79 Å². The topological polar surface area (TPSA) is 67.1 Å². The van der Waals surface area contributed by atoms with Crippen molar-refractivity contribution in [2.24, 2.45) is 0 Å². The molecular weight excluding hydrogens is 182 g/mol. The third-order valence-corrected chi connectivity index (χ3v) is 2.49. The molecule has 0 saturated carbocycles. The van der Waals surface area contributed by atoms with Gasteiger partial charge in [-0.05, 0) is 19.4 Å². The van der Waals surface area contributed by atoms with Gasteiger partial charge in [-0.15, -0.1) is 0 Å². The van der Waals surface area contributed by atoms with Crippen molar-refractivity contribution in [3.05, 3.63) is 18.0 Å². The lowest BCUT2D eigenvalue weighted by Crippen LogP contribution is -2.31. The number of aromatic carboxylic acids is 1. The molecule has 0 bridgehead atoms. The van der Waals surface area contributed by atoms with E-state index in [4.69, 9.17) is 5.11 Å². The van der Waals surface area contributed by atoms with Crippen LogP contribution in [0.2, 0.25) is 0 Å². The van der Waals surface area contributed by atoms with Crippen molar-refractivity contribution in [1.82, 2.24) is 15.1 Å². The van der Waals surface area contributed by atoms with Gasteiger partial charge >= 0.3 is 5.97 Å². The molecule has 1 aliphatic rings. The molecule has 1 atom stereocenters. The Labute approximate surface area is 81.7 Å². The molecule has 0 spiro atoms. The Bertz CT molecular complexity index is 329. The first-order chi connectivity index (χ1) is 6.77. The molecule has 14 heavy (non-hydrogen) atoms. The van der Waals surface area contributed by atoms with Crippen LogP contribution in [0.15, 0.2) is 12.4 Å². The van der Waals surface area contributed by atoms with Crippen LogP contribution in [0.4, 0.5) is 0 Å². The highest BCUT2D eigenvalue weighted by Gasteiger charge is 2.16. The first kappa shape index (κ1) is 9.21. The largest absolute Gasteiger partial charge is 0.478 e. The molecule has 1 unspecified atom stereocenters. The minimum atomic E-state index is -0.917. The summed E-state index contributed by atoms with van der Waals surface area (Å²) < 4.78 is 1.75. The van der Waals surface area contributed by atoms with E-state index in [2.05, 4.69) is 10.4 Å². The summed E-state index contributed by atoms with van der Waals surface area (Å²) in [7, 11) is 0. The molecule has 1 saturated heterocycles. The number of rotatable bonds is 2. The number of carboxylic acid groups (broad SMARTS) is 1. The second-order valence-electron chi connectivity index (χ2n) is 3.51. The summed E-state index contributed by atoms with van der Waals surface area (Å²) in [6.45, 7) is 1.92. The lowest BCUT2D eigenvalue weighted by molar-refractivity contribution is 0.0696. The lowest BCUT2D eigenvalue weighted by Gasteiger charge is -2.22. The van der Waals surface area contributed by atoms with Crippen molar-refractivity contribution in [3.63, 3.8) is 0 Å². The number of nitrogens with zero attached hydrogens (tertiary/aromatic N) is 2. The SMILES string of the molecule is O=C(O)c1cnn(C2CCCNC2)c1. The zero-order valence-corrected chi connectivity index (χ0v) is 7.81. The van der Waals surface area contributed by atoms with Crippen LogP contribution < -0.4 is 5.32 Å². The fourth-order valence-electron chi connectivity index (χ4n) is 1.71. The summed E-state index contributed by atoms with van der Waals surface area (Å²) >= 11 is 0. The number of carbonyl (C=O) groups is 1. The Kier molecular flexibility index (Phi) is 2.49. The Morgan fingerprint density at radius 1 is 1.71 bits per heavy atom. The van der Waals surface area contributed by atoms with Gasteiger partial charge in [-0.2, -0.15) is 5.10 Å². The summed E-state index contributed by atoms with van der Waals surface area (Å²) in [6, 6.07) is 0.303. The van der Waals surface area contributed by atoms with Gasteiger partial charge in [-0.1, -0.05) is 0 Å². The molecule has 1 aromatic heterocycles. The van der Waals surface area contributed by atoms with E-state index in [9.17, 15) is 4.79 Å². The van der Waals surface area contributed by atoms with Gasteiger partial charge in [0.15, 0.2) is 0 Å². The molecule has 2 rings (SSSR count). The van der Waals surface area contributed by atoms with Gasteiger partial charge in [0.2, 0.25) is 0 Å². The van der Waals surface area contributed by atoms with E-state index in [1.54, 1.807) is 10.9 Å². The third-order valence-electron chi connectivity index (χ3n) is 2.49. The molecule has 5 nitrogen and oxygen atoms in total. The van der Waals surface area contributed by atoms with Crippen LogP contribution in [0.1, 0.15) is 29.2 Å². The highest BCUT2D eigenvalue weighted by Crippen LogP contribution is 2.15. The smallest absolute Gasteiger partial charge is 0.338 e. The number of piperidine rings is 1. The van der Waals surface area contributed by atoms with Gasteiger partial charge in [0.05, 0.1) is 17.8 Å². The van der Waals surface area contributed by atoms with Crippen LogP contribution in [0.3, 0.4) is 0 Å². The summed E-state index contributed by atoms with van der Waals surface area (Å²) in [5.74, 6) is -0.917. The van der Waals surface area contributed by atoms with Crippen LogP contribution in [-0.4, -0.2) is 33.9 Å². The summed E-state index contributed by atoms with van der Waals surface area (Å²) in [5, 5.41) is 16.0. The third kappa shape index (κ3) is 1.77. The van der Waals surface area contributed by atoms with E-state index in [0.717, 1.165) is 25.9 Å². The molecule has 5 heteroatoms. The Hall–Kier alpha value is -1.36. The van der Waals surface area contributed by atoms with Crippen LogP contribution in [0, 0.1) is 0 Å². The lowest BCUT2D eigenvalue weighted by atomic mass is 10.1. The average Bonchev–Trinajstić information content (AvgIpc) is 2.68. The molecule has 2 heterocycles. The summed E-state index contributed by atoms with van der Waals surface area (Å²) in [5.41, 5.74) is 0.260. The number of hydrogen-bond donors (Lipinski definition) is 2. The van der Waals surface area contributed by atoms with Crippen molar-refractivity contribution in [3.8, 4) is 0 Å². The molecule has 0 amide bonds. The maximum Gasteiger partial charge on any atom is 0.338 e. The number of carboxylic acids is 1. The predicted octanol–water partition coefficient (Wildman–Crippen LogP) is 0.506. The van der Waals surface area contributed by atoms with Gasteiger partial charge in [0.25, 0.3) is 0 Å². The zero-order chi connectivity index (χ0) is 9.97. The van der Waals surface area contributed by atoms with E-state index in [-0.39, 0.29) is 5.56 Å². The molecule has 0 aromatic carbocycles. The fraction of sp³-hybridized carbons (Fsp3) is 0.556. The van der Waals surface area contributed by atoms with E-state index in [1.165, 1.54) is 6.20 Å². The first-order valence-corrected chi connectivity index (χ1v) is 4.75. The van der Waals surface area contributed by atoms with E-state index in [1.807, 2.05) is 0 Å². The van der Waals surface area contributed by atoms with Crippen molar-refractivity contribution in [1.29, 1.82) is 0 Å². The number of hydrogen-bond acceptors (Lipinski definition) is 3. The van der Waals surface area contributed by atoms with Crippen molar-refractivity contribution in [2.45, 2.75) is 18.9 Å². The second-order valence-corrected chi connectivity index (χ2v) is 3.51. The van der Waals surface area contributed by atoms with Crippen LogP contribution in [0.25, 0.3) is 0 Å². The van der Waals surface area contributed by atoms with Crippen LogP contribution in [-0.2, 0) is 0 Å². The fourth-order valence-corrected chi connectivity index (χ4v) is 1.71. The summed E-state index contributed by atoms with van der Waals surface area (Å²) in [6.07, 6.45) is 5.18. The highest BCUT2D eigenvalue weighted by molar-refractivity contribution is 5.86. The summed E-state index contributed by atoms with van der Waals surface area (Å²) in [4.78, 5) is 10.6. The number of aromatic nitrogens is 2. The molecular formula is C9H13N3O2. The minimum absolute atomic E-state index is 0.260. The Balaban J connectivity index is 2.11. The molecule has 76 valence electrons. The second kappa shape index (κ2) is 3.79. The minimum Gasteiger partial charge on any atom is -0.478 e. The van der Waals surface area contributed by atoms with E-state index >= 15 is 0 Å². The van der Waals surface area contributed by atoms with Gasteiger partial charge in [-0.3, -0.25) is 4.68 Å². The van der Waals surface area contributed by atoms with Crippen LogP contribution in [0.5, 0.6) is 0 Å². The highest BCUT2D eigenvalue weighted by atomic mass is 16.4. The standard InChI is InChI=1S/C9H13N3O2/c13-9(14)7-4-11-12(6-7)8-2-1-3-10-5-8/h4,6,8,10H,1-3,5H2,(H,13,14). The Morgan fingerprint density at radius 2 is 2.57 bits per heavy atom. The molecule has 0 radical (unpaired) electrons. The maximum absolute atomic E-state index is 10.6. The van der Waals surface area contributed by atoms with E-state index < -0.39 is 5.97 Å². The van der Waals surface area contributed by atoms with Gasteiger partial charge in [0, 0.05) is 12.7 Å². The molecule has 0 aliphatic carbocycles. The number of nitrogens with one attached hydrogen (secondary N) is 1. The quantitative estimate of drug-likeness (QED) is 0.721.